The third-order valence-corrected chi connectivity index (χ3v) is 4.84. The number of likely N-dealkylation sites (tertiary alicyclic amines) is 1. The van der Waals surface area contributed by atoms with Gasteiger partial charge in [-0.1, -0.05) is 6.07 Å². The van der Waals surface area contributed by atoms with E-state index in [0.717, 1.165) is 31.6 Å². The summed E-state index contributed by atoms with van der Waals surface area (Å²) >= 11 is 0. The molecule has 7 heteroatoms. The zero-order valence-electron chi connectivity index (χ0n) is 15.0. The highest BCUT2D eigenvalue weighted by molar-refractivity contribution is 5.52. The molecule has 0 saturated carbocycles. The van der Waals surface area contributed by atoms with Gasteiger partial charge in [-0.05, 0) is 37.1 Å². The van der Waals surface area contributed by atoms with Gasteiger partial charge in [0, 0.05) is 38.1 Å². The van der Waals surface area contributed by atoms with Crippen molar-refractivity contribution >= 4 is 5.65 Å². The lowest BCUT2D eigenvalue weighted by Gasteiger charge is -2.31. The first kappa shape index (κ1) is 17.6. The molecule has 1 aliphatic rings. The first-order valence-electron chi connectivity index (χ1n) is 9.13. The van der Waals surface area contributed by atoms with Crippen LogP contribution in [-0.2, 0) is 17.9 Å². The van der Waals surface area contributed by atoms with Gasteiger partial charge in [0.2, 0.25) is 0 Å². The van der Waals surface area contributed by atoms with Crippen LogP contribution in [-0.4, -0.2) is 43.6 Å². The van der Waals surface area contributed by atoms with Crippen LogP contribution in [0.4, 0.5) is 0 Å². The van der Waals surface area contributed by atoms with Crippen LogP contribution in [0.3, 0.4) is 0 Å². The van der Waals surface area contributed by atoms with Crippen molar-refractivity contribution in [3.63, 3.8) is 0 Å². The van der Waals surface area contributed by atoms with Gasteiger partial charge in [0.1, 0.15) is 0 Å². The molecule has 0 unspecified atom stereocenters. The zero-order valence-corrected chi connectivity index (χ0v) is 15.0. The Morgan fingerprint density at radius 2 is 2.00 bits per heavy atom. The van der Waals surface area contributed by atoms with Gasteiger partial charge in [0.15, 0.2) is 11.4 Å². The van der Waals surface area contributed by atoms with Crippen molar-refractivity contribution in [2.75, 3.05) is 13.1 Å². The van der Waals surface area contributed by atoms with E-state index >= 15 is 0 Å². The summed E-state index contributed by atoms with van der Waals surface area (Å²) in [6.07, 6.45) is 5.48. The third-order valence-electron chi connectivity index (χ3n) is 4.84. The molecule has 0 aromatic carbocycles. The quantitative estimate of drug-likeness (QED) is 0.744. The molecular formula is C20H22N4O3. The molecule has 1 saturated heterocycles. The first-order valence-corrected chi connectivity index (χ1v) is 9.13. The highest BCUT2D eigenvalue weighted by Crippen LogP contribution is 2.18. The minimum absolute atomic E-state index is 0.0121. The van der Waals surface area contributed by atoms with Gasteiger partial charge in [-0.15, -0.1) is 0 Å². The van der Waals surface area contributed by atoms with Gasteiger partial charge in [0.25, 0.3) is 5.56 Å². The molecule has 0 amide bonds. The molecule has 27 heavy (non-hydrogen) atoms. The Morgan fingerprint density at radius 1 is 1.15 bits per heavy atom. The number of hydrogen-bond donors (Lipinski definition) is 1. The number of pyridine rings is 2. The molecule has 1 aliphatic heterocycles. The second-order valence-electron chi connectivity index (χ2n) is 6.78. The molecule has 0 atom stereocenters. The molecule has 0 radical (unpaired) electrons. The van der Waals surface area contributed by atoms with E-state index < -0.39 is 0 Å². The molecule has 4 rings (SSSR count). The van der Waals surface area contributed by atoms with E-state index in [2.05, 4.69) is 14.9 Å². The van der Waals surface area contributed by atoms with Gasteiger partial charge >= 0.3 is 0 Å². The second-order valence-corrected chi connectivity index (χ2v) is 6.78. The summed E-state index contributed by atoms with van der Waals surface area (Å²) in [7, 11) is 0. The minimum atomic E-state index is -0.181. The van der Waals surface area contributed by atoms with Crippen LogP contribution in [0.15, 0.2) is 53.6 Å². The summed E-state index contributed by atoms with van der Waals surface area (Å²) in [6, 6.07) is 10.5. The normalized spacial score (nSPS) is 16.0. The number of aromatic nitrogens is 3. The summed E-state index contributed by atoms with van der Waals surface area (Å²) in [5.74, 6) is 0.0121. The lowest BCUT2D eigenvalue weighted by atomic mass is 10.1. The molecule has 1 fully saturated rings. The summed E-state index contributed by atoms with van der Waals surface area (Å²) in [5.41, 5.74) is 1.74. The topological polar surface area (TPSA) is 80.0 Å². The van der Waals surface area contributed by atoms with Crippen molar-refractivity contribution < 1.29 is 9.84 Å². The standard InChI is InChI=1S/C20H22N4O3/c25-18-5-3-9-24-19(26)12-16(22-20(18)24)13-23-10-6-17(7-11-23)27-14-15-4-1-2-8-21-15/h1-5,8-9,12,17,25H,6-7,10-11,13-14H2. The fourth-order valence-electron chi connectivity index (χ4n) is 3.39. The Morgan fingerprint density at radius 3 is 2.78 bits per heavy atom. The van der Waals surface area contributed by atoms with E-state index in [1.807, 2.05) is 18.2 Å². The van der Waals surface area contributed by atoms with Crippen LogP contribution in [0, 0.1) is 0 Å². The molecule has 4 heterocycles. The van der Waals surface area contributed by atoms with Gasteiger partial charge in [-0.25, -0.2) is 4.98 Å². The van der Waals surface area contributed by atoms with Crippen LogP contribution in [0.1, 0.15) is 24.2 Å². The maximum Gasteiger partial charge on any atom is 0.258 e. The molecule has 0 aliphatic carbocycles. The van der Waals surface area contributed by atoms with Crippen LogP contribution in [0.2, 0.25) is 0 Å². The molecule has 3 aromatic heterocycles. The van der Waals surface area contributed by atoms with Crippen molar-refractivity contribution in [2.24, 2.45) is 0 Å². The monoisotopic (exact) mass is 366 g/mol. The van der Waals surface area contributed by atoms with Crippen molar-refractivity contribution in [1.29, 1.82) is 0 Å². The van der Waals surface area contributed by atoms with Crippen LogP contribution in [0.25, 0.3) is 5.65 Å². The highest BCUT2D eigenvalue weighted by Gasteiger charge is 2.20. The SMILES string of the molecule is O=c1cc(CN2CCC(OCc3ccccn3)CC2)nc2c(O)cccn12. The summed E-state index contributed by atoms with van der Waals surface area (Å²) in [4.78, 5) is 23.2. The van der Waals surface area contributed by atoms with Crippen molar-refractivity contribution in [3.8, 4) is 5.75 Å². The molecule has 7 nitrogen and oxygen atoms in total. The first-order chi connectivity index (χ1) is 13.2. The van der Waals surface area contributed by atoms with Crippen LogP contribution < -0.4 is 5.56 Å². The summed E-state index contributed by atoms with van der Waals surface area (Å²) in [6.45, 7) is 2.89. The molecular weight excluding hydrogens is 344 g/mol. The number of aromatic hydroxyl groups is 1. The Labute approximate surface area is 156 Å². The van der Waals surface area contributed by atoms with E-state index in [-0.39, 0.29) is 17.4 Å². The molecule has 0 spiro atoms. The van der Waals surface area contributed by atoms with E-state index in [0.29, 0.717) is 24.5 Å². The molecule has 1 N–H and O–H groups in total. The van der Waals surface area contributed by atoms with Crippen LogP contribution in [0.5, 0.6) is 5.75 Å². The fraction of sp³-hybridized carbons (Fsp3) is 0.350. The van der Waals surface area contributed by atoms with Crippen molar-refractivity contribution in [2.45, 2.75) is 32.1 Å². The zero-order chi connectivity index (χ0) is 18.6. The smallest absolute Gasteiger partial charge is 0.258 e. The van der Waals surface area contributed by atoms with Crippen LogP contribution >= 0.6 is 0 Å². The van der Waals surface area contributed by atoms with Gasteiger partial charge in [-0.2, -0.15) is 0 Å². The summed E-state index contributed by atoms with van der Waals surface area (Å²) < 4.78 is 7.33. The molecule has 140 valence electrons. The number of hydrogen-bond acceptors (Lipinski definition) is 6. The fourth-order valence-corrected chi connectivity index (χ4v) is 3.39. The lowest BCUT2D eigenvalue weighted by Crippen LogP contribution is -2.37. The average Bonchev–Trinajstić information content (AvgIpc) is 2.69. The average molecular weight is 366 g/mol. The Kier molecular flexibility index (Phi) is 5.13. The van der Waals surface area contributed by atoms with Crippen molar-refractivity contribution in [1.82, 2.24) is 19.3 Å². The number of nitrogens with zero attached hydrogens (tertiary/aromatic N) is 4. The maximum atomic E-state index is 12.2. The van der Waals surface area contributed by atoms with E-state index in [9.17, 15) is 9.90 Å². The lowest BCUT2D eigenvalue weighted by molar-refractivity contribution is -0.00542. The Hall–Kier alpha value is -2.77. The Bertz CT molecular complexity index is 966. The molecule has 3 aromatic rings. The van der Waals surface area contributed by atoms with E-state index in [1.54, 1.807) is 18.5 Å². The Balaban J connectivity index is 1.35. The number of piperidine rings is 1. The predicted octanol–water partition coefficient (Wildman–Crippen LogP) is 1.98. The second kappa shape index (κ2) is 7.85. The van der Waals surface area contributed by atoms with Gasteiger partial charge in [0.05, 0.1) is 24.1 Å². The maximum absolute atomic E-state index is 12.2. The highest BCUT2D eigenvalue weighted by atomic mass is 16.5. The largest absolute Gasteiger partial charge is 0.504 e. The minimum Gasteiger partial charge on any atom is -0.504 e. The van der Waals surface area contributed by atoms with E-state index in [1.165, 1.54) is 16.5 Å². The van der Waals surface area contributed by atoms with E-state index in [4.69, 9.17) is 4.74 Å². The van der Waals surface area contributed by atoms with Gasteiger partial charge in [-0.3, -0.25) is 19.1 Å². The molecule has 0 bridgehead atoms. The van der Waals surface area contributed by atoms with Gasteiger partial charge < -0.3 is 9.84 Å². The number of rotatable bonds is 5. The predicted molar refractivity (Wildman–Crippen MR) is 100 cm³/mol. The number of fused-ring (bicyclic) bond motifs is 1. The summed E-state index contributed by atoms with van der Waals surface area (Å²) in [5, 5.41) is 9.96. The van der Waals surface area contributed by atoms with Crippen molar-refractivity contribution in [3.05, 3.63) is 70.5 Å². The number of ether oxygens (including phenoxy) is 1. The third kappa shape index (κ3) is 4.15.